The van der Waals surface area contributed by atoms with Crippen LogP contribution in [0.2, 0.25) is 0 Å². The zero-order valence-corrected chi connectivity index (χ0v) is 15.4. The smallest absolute Gasteiger partial charge is 0.0536 e. The van der Waals surface area contributed by atoms with E-state index in [0.717, 1.165) is 18.4 Å². The van der Waals surface area contributed by atoms with E-state index in [-0.39, 0.29) is 0 Å². The third-order valence-electron chi connectivity index (χ3n) is 6.66. The molecule has 0 aromatic heterocycles. The van der Waals surface area contributed by atoms with Crippen molar-refractivity contribution in [2.24, 2.45) is 17.3 Å². The van der Waals surface area contributed by atoms with Crippen molar-refractivity contribution in [1.29, 1.82) is 0 Å². The average Bonchev–Trinajstić information content (AvgIpc) is 2.60. The van der Waals surface area contributed by atoms with Gasteiger partial charge in [-0.2, -0.15) is 0 Å². The lowest BCUT2D eigenvalue weighted by Crippen LogP contribution is -2.51. The van der Waals surface area contributed by atoms with Gasteiger partial charge in [0, 0.05) is 19.1 Å². The molecule has 2 heteroatoms. The van der Waals surface area contributed by atoms with Crippen LogP contribution in [0.4, 0.5) is 0 Å². The van der Waals surface area contributed by atoms with Gasteiger partial charge in [0.1, 0.15) is 0 Å². The molecule has 0 aliphatic heterocycles. The maximum absolute atomic E-state index is 5.88. The third kappa shape index (κ3) is 4.26. The topological polar surface area (TPSA) is 12.5 Å². The van der Waals surface area contributed by atoms with Crippen LogP contribution in [0.25, 0.3) is 0 Å². The quantitative estimate of drug-likeness (QED) is 0.617. The lowest BCUT2D eigenvalue weighted by molar-refractivity contribution is -0.0642. The Hall–Kier alpha value is -0.0800. The molecule has 0 saturated heterocycles. The lowest BCUT2D eigenvalue weighted by atomic mass is 9.59. The van der Waals surface area contributed by atoms with E-state index in [1.54, 1.807) is 0 Å². The van der Waals surface area contributed by atoms with Crippen LogP contribution in [0.3, 0.4) is 0 Å². The summed E-state index contributed by atoms with van der Waals surface area (Å²) in [4.78, 5) is 2.67. The Kier molecular flexibility index (Phi) is 7.70. The molecule has 0 heterocycles. The number of rotatable bonds is 8. The highest BCUT2D eigenvalue weighted by molar-refractivity contribution is 4.96. The average molecular weight is 310 g/mol. The second-order valence-corrected chi connectivity index (χ2v) is 7.80. The maximum atomic E-state index is 5.88. The first-order valence-corrected chi connectivity index (χ1v) is 9.98. The fourth-order valence-electron chi connectivity index (χ4n) is 5.36. The minimum absolute atomic E-state index is 0.418. The maximum Gasteiger partial charge on any atom is 0.0536 e. The molecule has 2 nitrogen and oxygen atoms in total. The van der Waals surface area contributed by atoms with Gasteiger partial charge in [0.25, 0.3) is 0 Å². The van der Waals surface area contributed by atoms with Crippen LogP contribution in [0.15, 0.2) is 0 Å². The van der Waals surface area contributed by atoms with E-state index in [1.807, 2.05) is 7.11 Å². The van der Waals surface area contributed by atoms with Crippen molar-refractivity contribution in [1.82, 2.24) is 4.90 Å². The van der Waals surface area contributed by atoms with Crippen molar-refractivity contribution in [2.45, 2.75) is 78.1 Å². The zero-order chi connectivity index (χ0) is 15.8. The Labute approximate surface area is 139 Å². The van der Waals surface area contributed by atoms with E-state index in [0.29, 0.717) is 5.41 Å². The van der Waals surface area contributed by atoms with E-state index in [4.69, 9.17) is 4.74 Å². The molecule has 0 unspecified atom stereocenters. The number of methoxy groups -OCH3 is 1. The molecule has 0 spiro atoms. The van der Waals surface area contributed by atoms with E-state index < -0.39 is 0 Å². The molecule has 2 rings (SSSR count). The number of hydrogen-bond donors (Lipinski definition) is 0. The summed E-state index contributed by atoms with van der Waals surface area (Å²) in [7, 11) is 1.93. The first-order chi connectivity index (χ1) is 10.8. The fraction of sp³-hybridized carbons (Fsp3) is 1.00. The molecule has 0 N–H and O–H groups in total. The van der Waals surface area contributed by atoms with Crippen LogP contribution in [0, 0.1) is 17.3 Å². The fourth-order valence-corrected chi connectivity index (χ4v) is 5.36. The summed E-state index contributed by atoms with van der Waals surface area (Å²) in [5.41, 5.74) is 0.418. The van der Waals surface area contributed by atoms with Crippen LogP contribution in [-0.2, 0) is 4.74 Å². The van der Waals surface area contributed by atoms with Gasteiger partial charge in [0.2, 0.25) is 0 Å². The minimum atomic E-state index is 0.418. The van der Waals surface area contributed by atoms with E-state index in [1.165, 1.54) is 83.8 Å². The summed E-state index contributed by atoms with van der Waals surface area (Å²) in [5, 5.41) is 0. The zero-order valence-electron chi connectivity index (χ0n) is 15.4. The van der Waals surface area contributed by atoms with Gasteiger partial charge >= 0.3 is 0 Å². The molecule has 22 heavy (non-hydrogen) atoms. The second-order valence-electron chi connectivity index (χ2n) is 7.80. The summed E-state index contributed by atoms with van der Waals surface area (Å²) in [6.45, 7) is 9.26. The second kappa shape index (κ2) is 9.27. The van der Waals surface area contributed by atoms with Crippen LogP contribution >= 0.6 is 0 Å². The molecule has 0 radical (unpaired) electrons. The van der Waals surface area contributed by atoms with Crippen LogP contribution in [0.5, 0.6) is 0 Å². The van der Waals surface area contributed by atoms with Crippen molar-refractivity contribution in [3.05, 3.63) is 0 Å². The van der Waals surface area contributed by atoms with Crippen molar-refractivity contribution in [3.8, 4) is 0 Å². The minimum Gasteiger partial charge on any atom is -0.384 e. The highest BCUT2D eigenvalue weighted by atomic mass is 16.5. The Morgan fingerprint density at radius 1 is 0.818 bits per heavy atom. The van der Waals surface area contributed by atoms with Gasteiger partial charge in [-0.15, -0.1) is 0 Å². The largest absolute Gasteiger partial charge is 0.384 e. The van der Waals surface area contributed by atoms with Gasteiger partial charge in [-0.25, -0.2) is 0 Å². The Bertz CT molecular complexity index is 270. The third-order valence-corrected chi connectivity index (χ3v) is 6.66. The first kappa shape index (κ1) is 18.3. The van der Waals surface area contributed by atoms with Gasteiger partial charge in [-0.1, -0.05) is 52.4 Å². The van der Waals surface area contributed by atoms with Gasteiger partial charge in [-0.3, -0.25) is 0 Å². The highest BCUT2D eigenvalue weighted by Crippen LogP contribution is 2.49. The van der Waals surface area contributed by atoms with Crippen molar-refractivity contribution >= 4 is 0 Å². The van der Waals surface area contributed by atoms with E-state index in [9.17, 15) is 0 Å². The Morgan fingerprint density at radius 3 is 1.64 bits per heavy atom. The predicted molar refractivity (Wildman–Crippen MR) is 95.2 cm³/mol. The lowest BCUT2D eigenvalue weighted by Gasteiger charge is -2.51. The Morgan fingerprint density at radius 2 is 1.27 bits per heavy atom. The molecule has 2 aliphatic rings. The summed E-state index contributed by atoms with van der Waals surface area (Å²) in [5.74, 6) is 1.79. The molecule has 0 atom stereocenters. The van der Waals surface area contributed by atoms with Crippen LogP contribution < -0.4 is 0 Å². The van der Waals surface area contributed by atoms with Crippen molar-refractivity contribution in [3.63, 3.8) is 0 Å². The molecule has 130 valence electrons. The molecule has 0 bridgehead atoms. The molecule has 0 aromatic carbocycles. The molecule has 2 saturated carbocycles. The van der Waals surface area contributed by atoms with Gasteiger partial charge in [0.15, 0.2) is 0 Å². The monoisotopic (exact) mass is 309 g/mol. The molecule has 2 aliphatic carbocycles. The molecule has 0 amide bonds. The van der Waals surface area contributed by atoms with E-state index in [2.05, 4.69) is 18.7 Å². The van der Waals surface area contributed by atoms with Gasteiger partial charge < -0.3 is 9.64 Å². The number of hydrogen-bond acceptors (Lipinski definition) is 2. The summed E-state index contributed by atoms with van der Waals surface area (Å²) in [6, 6.07) is 0. The number of ether oxygens (including phenoxy) is 1. The predicted octanol–water partition coefficient (Wildman–Crippen LogP) is 5.12. The molecular weight excluding hydrogens is 270 g/mol. The molecule has 2 fully saturated rings. The summed E-state index contributed by atoms with van der Waals surface area (Å²) in [6.07, 6.45) is 14.5. The van der Waals surface area contributed by atoms with Crippen LogP contribution in [-0.4, -0.2) is 38.3 Å². The van der Waals surface area contributed by atoms with Crippen LogP contribution in [0.1, 0.15) is 78.1 Å². The summed E-state index contributed by atoms with van der Waals surface area (Å²) < 4.78 is 5.88. The normalized spacial score (nSPS) is 22.4. The van der Waals surface area contributed by atoms with E-state index >= 15 is 0 Å². The molecular formula is C20H39NO. The number of nitrogens with zero attached hydrogens (tertiary/aromatic N) is 1. The SMILES string of the molecule is CCN(CC)CC(COC)(C1CCCCC1)C1CCCCC1. The van der Waals surface area contributed by atoms with Gasteiger partial charge in [-0.05, 0) is 50.6 Å². The van der Waals surface area contributed by atoms with Crippen molar-refractivity contribution in [2.75, 3.05) is 33.4 Å². The Balaban J connectivity index is 2.24. The summed E-state index contributed by atoms with van der Waals surface area (Å²) >= 11 is 0. The first-order valence-electron chi connectivity index (χ1n) is 9.98. The standard InChI is InChI=1S/C20H39NO/c1-4-21(5-2)16-20(17-22-3,18-12-8-6-9-13-18)19-14-10-7-11-15-19/h18-19H,4-17H2,1-3H3. The highest BCUT2D eigenvalue weighted by Gasteiger charge is 2.46. The van der Waals surface area contributed by atoms with Gasteiger partial charge in [0.05, 0.1) is 6.61 Å². The molecule has 0 aromatic rings. The van der Waals surface area contributed by atoms with Crippen molar-refractivity contribution < 1.29 is 4.74 Å².